The second kappa shape index (κ2) is 8.13. The summed E-state index contributed by atoms with van der Waals surface area (Å²) >= 11 is 17.0. The minimum atomic E-state index is -1.97. The van der Waals surface area contributed by atoms with E-state index < -0.39 is 9.58 Å². The van der Waals surface area contributed by atoms with Crippen molar-refractivity contribution in [2.45, 2.75) is 9.90 Å². The fourth-order valence-electron chi connectivity index (χ4n) is 2.57. The summed E-state index contributed by atoms with van der Waals surface area (Å²) in [5, 5.41) is 0. The Morgan fingerprint density at radius 1 is 0.731 bits per heavy atom. The fraction of sp³-hybridized carbons (Fsp3) is 0.0952. The van der Waals surface area contributed by atoms with Crippen molar-refractivity contribution < 1.29 is 9.53 Å². The van der Waals surface area contributed by atoms with Gasteiger partial charge in [-0.2, -0.15) is 0 Å². The maximum absolute atomic E-state index is 12.0. The molecule has 0 aromatic heterocycles. The predicted molar refractivity (Wildman–Crippen MR) is 106 cm³/mol. The Labute approximate surface area is 167 Å². The van der Waals surface area contributed by atoms with E-state index in [4.69, 9.17) is 39.5 Å². The molecule has 26 heavy (non-hydrogen) atoms. The first-order valence-electron chi connectivity index (χ1n) is 7.93. The zero-order valence-corrected chi connectivity index (χ0v) is 15.9. The van der Waals surface area contributed by atoms with Crippen molar-refractivity contribution in [3.63, 3.8) is 0 Å². The zero-order chi connectivity index (χ0) is 18.6. The maximum Gasteiger partial charge on any atom is 0.253 e. The second-order valence-corrected chi connectivity index (χ2v) is 7.95. The summed E-state index contributed by atoms with van der Waals surface area (Å²) in [7, 11) is 0. The minimum absolute atomic E-state index is 0.271. The summed E-state index contributed by atoms with van der Waals surface area (Å²) in [6, 6.07) is 26.4. The number of hydrogen-bond donors (Lipinski definition) is 0. The summed E-state index contributed by atoms with van der Waals surface area (Å²) in [6.07, 6.45) is -0.271. The second-order valence-electron chi connectivity index (χ2n) is 5.67. The van der Waals surface area contributed by atoms with Crippen LogP contribution < -0.4 is 4.74 Å². The molecular formula is C21H15Cl3O2. The average Bonchev–Trinajstić information content (AvgIpc) is 2.67. The van der Waals surface area contributed by atoms with Gasteiger partial charge in [-0.25, -0.2) is 0 Å². The van der Waals surface area contributed by atoms with Crippen molar-refractivity contribution in [1.82, 2.24) is 0 Å². The molecule has 3 aromatic rings. The van der Waals surface area contributed by atoms with Gasteiger partial charge in [0.25, 0.3) is 3.79 Å². The van der Waals surface area contributed by atoms with Crippen LogP contribution in [0, 0.1) is 0 Å². The molecule has 2 nitrogen and oxygen atoms in total. The first-order chi connectivity index (χ1) is 12.4. The molecule has 3 aromatic carbocycles. The molecule has 0 bridgehead atoms. The SMILES string of the molecule is O=C(c1ccc(OC(c2ccccc2)c2ccccc2)cc1)C(Cl)(Cl)Cl. The molecule has 0 atom stereocenters. The van der Waals surface area contributed by atoms with Crippen molar-refractivity contribution in [1.29, 1.82) is 0 Å². The molecule has 0 amide bonds. The lowest BCUT2D eigenvalue weighted by Gasteiger charge is -2.20. The lowest BCUT2D eigenvalue weighted by atomic mass is 10.0. The van der Waals surface area contributed by atoms with E-state index in [-0.39, 0.29) is 6.10 Å². The number of Topliss-reactive ketones (excluding diaryl/α,β-unsaturated/α-hetero) is 1. The van der Waals surface area contributed by atoms with Crippen LogP contribution in [0.2, 0.25) is 0 Å². The Balaban J connectivity index is 1.87. The van der Waals surface area contributed by atoms with Gasteiger partial charge < -0.3 is 4.74 Å². The van der Waals surface area contributed by atoms with Crippen LogP contribution >= 0.6 is 34.8 Å². The van der Waals surface area contributed by atoms with Gasteiger partial charge in [0.1, 0.15) is 11.9 Å². The van der Waals surface area contributed by atoms with Gasteiger partial charge in [0.15, 0.2) is 0 Å². The van der Waals surface area contributed by atoms with Crippen molar-refractivity contribution in [3.8, 4) is 5.75 Å². The lowest BCUT2D eigenvalue weighted by molar-refractivity contribution is 0.0996. The molecule has 0 N–H and O–H groups in total. The Hall–Kier alpha value is -2.00. The number of halogens is 3. The highest BCUT2D eigenvalue weighted by atomic mass is 35.6. The summed E-state index contributed by atoms with van der Waals surface area (Å²) in [6.45, 7) is 0. The Morgan fingerprint density at radius 3 is 1.62 bits per heavy atom. The average molecular weight is 406 g/mol. The van der Waals surface area contributed by atoms with E-state index in [0.29, 0.717) is 11.3 Å². The summed E-state index contributed by atoms with van der Waals surface area (Å²) in [5.74, 6) is 0.0419. The smallest absolute Gasteiger partial charge is 0.253 e. The third-order valence-electron chi connectivity index (χ3n) is 3.83. The molecule has 0 saturated heterocycles. The number of alkyl halides is 3. The van der Waals surface area contributed by atoms with Gasteiger partial charge in [-0.3, -0.25) is 4.79 Å². The third kappa shape index (κ3) is 4.59. The van der Waals surface area contributed by atoms with Gasteiger partial charge in [-0.1, -0.05) is 95.5 Å². The van der Waals surface area contributed by atoms with Gasteiger partial charge in [0.2, 0.25) is 5.78 Å². The Kier molecular flexibility index (Phi) is 5.87. The van der Waals surface area contributed by atoms with Crippen LogP contribution in [0.15, 0.2) is 84.9 Å². The molecule has 0 spiro atoms. The third-order valence-corrected chi connectivity index (χ3v) is 4.35. The highest BCUT2D eigenvalue weighted by Crippen LogP contribution is 2.32. The number of ether oxygens (including phenoxy) is 1. The van der Waals surface area contributed by atoms with Gasteiger partial charge in [0.05, 0.1) is 0 Å². The van der Waals surface area contributed by atoms with E-state index in [9.17, 15) is 4.79 Å². The molecular weight excluding hydrogens is 391 g/mol. The van der Waals surface area contributed by atoms with Crippen molar-refractivity contribution in [3.05, 3.63) is 102 Å². The van der Waals surface area contributed by atoms with Gasteiger partial charge in [-0.05, 0) is 35.4 Å². The molecule has 0 aliphatic heterocycles. The van der Waals surface area contributed by atoms with Crippen LogP contribution in [-0.4, -0.2) is 9.58 Å². The number of benzene rings is 3. The molecule has 0 aliphatic rings. The summed E-state index contributed by atoms with van der Waals surface area (Å²) in [4.78, 5) is 12.0. The highest BCUT2D eigenvalue weighted by Gasteiger charge is 2.31. The molecule has 3 rings (SSSR count). The highest BCUT2D eigenvalue weighted by molar-refractivity contribution is 6.77. The standard InChI is InChI=1S/C21H15Cl3O2/c22-21(23,24)20(25)17-11-13-18(14-12-17)26-19(15-7-3-1-4-8-15)16-9-5-2-6-10-16/h1-14,19H. The van der Waals surface area contributed by atoms with Crippen molar-refractivity contribution in [2.75, 3.05) is 0 Å². The van der Waals surface area contributed by atoms with Crippen LogP contribution in [0.1, 0.15) is 27.6 Å². The number of hydrogen-bond acceptors (Lipinski definition) is 2. The number of rotatable bonds is 5. The topological polar surface area (TPSA) is 26.3 Å². The molecule has 0 heterocycles. The first kappa shape index (κ1) is 18.8. The molecule has 0 aliphatic carbocycles. The van der Waals surface area contributed by atoms with Crippen LogP contribution in [0.25, 0.3) is 0 Å². The van der Waals surface area contributed by atoms with Crippen LogP contribution in [0.5, 0.6) is 5.75 Å². The van der Waals surface area contributed by atoms with E-state index >= 15 is 0 Å². The van der Waals surface area contributed by atoms with Crippen molar-refractivity contribution >= 4 is 40.6 Å². The fourth-order valence-corrected chi connectivity index (χ4v) is 2.90. The number of carbonyl (C=O) groups is 1. The molecule has 0 radical (unpaired) electrons. The zero-order valence-electron chi connectivity index (χ0n) is 13.6. The van der Waals surface area contributed by atoms with E-state index in [1.54, 1.807) is 24.3 Å². The van der Waals surface area contributed by atoms with E-state index in [1.807, 2.05) is 60.7 Å². The summed E-state index contributed by atoms with van der Waals surface area (Å²) in [5.41, 5.74) is 2.37. The normalized spacial score (nSPS) is 11.4. The van der Waals surface area contributed by atoms with E-state index in [0.717, 1.165) is 11.1 Å². The molecule has 0 unspecified atom stereocenters. The summed E-state index contributed by atoms with van der Waals surface area (Å²) < 4.78 is 4.22. The van der Waals surface area contributed by atoms with Crippen LogP contribution in [-0.2, 0) is 0 Å². The van der Waals surface area contributed by atoms with E-state index in [1.165, 1.54) is 0 Å². The Bertz CT molecular complexity index is 818. The van der Waals surface area contributed by atoms with Gasteiger partial charge in [0, 0.05) is 5.56 Å². The minimum Gasteiger partial charge on any atom is -0.481 e. The quantitative estimate of drug-likeness (QED) is 0.362. The number of ketones is 1. The monoisotopic (exact) mass is 404 g/mol. The lowest BCUT2D eigenvalue weighted by Crippen LogP contribution is -2.18. The number of carbonyl (C=O) groups excluding carboxylic acids is 1. The van der Waals surface area contributed by atoms with Gasteiger partial charge >= 0.3 is 0 Å². The molecule has 0 saturated carbocycles. The van der Waals surface area contributed by atoms with E-state index in [2.05, 4.69) is 0 Å². The van der Waals surface area contributed by atoms with Gasteiger partial charge in [-0.15, -0.1) is 0 Å². The van der Waals surface area contributed by atoms with Crippen LogP contribution in [0.4, 0.5) is 0 Å². The maximum atomic E-state index is 12.0. The Morgan fingerprint density at radius 2 is 1.19 bits per heavy atom. The molecule has 132 valence electrons. The largest absolute Gasteiger partial charge is 0.481 e. The predicted octanol–water partition coefficient (Wildman–Crippen LogP) is 6.41. The molecule has 5 heteroatoms. The molecule has 0 fully saturated rings. The van der Waals surface area contributed by atoms with Crippen LogP contribution in [0.3, 0.4) is 0 Å². The van der Waals surface area contributed by atoms with Crippen molar-refractivity contribution in [2.24, 2.45) is 0 Å². The first-order valence-corrected chi connectivity index (χ1v) is 9.06.